The van der Waals surface area contributed by atoms with Crippen LogP contribution in [-0.2, 0) is 52.7 Å². The Kier molecular flexibility index (Phi) is 30.6. The summed E-state index contributed by atoms with van der Waals surface area (Å²) >= 11 is 0. The highest BCUT2D eigenvalue weighted by atomic mass is 16.4. The summed E-state index contributed by atoms with van der Waals surface area (Å²) in [5, 5.41) is 48.0. The third kappa shape index (κ3) is 25.8. The van der Waals surface area contributed by atoms with Crippen LogP contribution in [0, 0.1) is 17.8 Å². The van der Waals surface area contributed by atoms with E-state index in [0.717, 1.165) is 0 Å². The maximum absolute atomic E-state index is 14.0. The van der Waals surface area contributed by atoms with Crippen LogP contribution in [0.5, 0.6) is 0 Å². The lowest BCUT2D eigenvalue weighted by atomic mass is 9.96. The molecule has 8 amide bonds. The summed E-state index contributed by atoms with van der Waals surface area (Å²) in [6, 6.07) is -10.5. The summed E-state index contributed by atoms with van der Waals surface area (Å²) in [6.07, 6.45) is 0.351. The number of nitrogens with two attached hydrogens (primary N) is 3. The van der Waals surface area contributed by atoms with E-state index in [1.54, 1.807) is 27.7 Å². The number of hydrogen-bond acceptors (Lipinski definition) is 14. The molecule has 9 atom stereocenters. The van der Waals surface area contributed by atoms with Crippen molar-refractivity contribution in [3.05, 3.63) is 0 Å². The second kappa shape index (κ2) is 33.5. The van der Waals surface area contributed by atoms with Gasteiger partial charge >= 0.3 is 17.9 Å². The normalized spacial score (nSPS) is 15.1. The zero-order valence-electron chi connectivity index (χ0n) is 41.0. The summed E-state index contributed by atoms with van der Waals surface area (Å²) in [7, 11) is 0. The van der Waals surface area contributed by atoms with Gasteiger partial charge in [0.15, 0.2) is 0 Å². The molecule has 394 valence electrons. The number of carbonyl (C=O) groups is 11. The fourth-order valence-corrected chi connectivity index (χ4v) is 6.66. The Morgan fingerprint density at radius 1 is 0.493 bits per heavy atom. The molecule has 0 spiro atoms. The quantitative estimate of drug-likeness (QED) is 0.0293. The van der Waals surface area contributed by atoms with Gasteiger partial charge in [0.2, 0.25) is 47.3 Å². The van der Waals surface area contributed by atoms with Crippen molar-refractivity contribution in [1.29, 1.82) is 0 Å². The Morgan fingerprint density at radius 3 is 1.39 bits per heavy atom. The monoisotopic (exact) mass is 986 g/mol. The van der Waals surface area contributed by atoms with E-state index in [1.807, 2.05) is 13.8 Å². The molecule has 0 aliphatic carbocycles. The fourth-order valence-electron chi connectivity index (χ4n) is 6.66. The SMILES string of the molecule is CC[C@H](C)[C@H](NC(=O)[C@H](CC(C)C)NC(=O)[C@@H](N)CCCCN)C(=O)N[C@@H](CCC(=O)O)C(=O)N[C@@H](CCC(=O)O)C(=O)N[C@@H](CCCCN)C(=O)NCC(=O)N[C@@H](C)C(=O)N[C@H](C(=O)O)C(C)C. The van der Waals surface area contributed by atoms with E-state index in [1.165, 1.54) is 6.92 Å². The molecule has 0 bridgehead atoms. The van der Waals surface area contributed by atoms with Crippen LogP contribution in [0.15, 0.2) is 0 Å². The van der Waals surface area contributed by atoms with Gasteiger partial charge in [-0.15, -0.1) is 0 Å². The van der Waals surface area contributed by atoms with Gasteiger partial charge in [0.1, 0.15) is 42.3 Å². The van der Waals surface area contributed by atoms with E-state index < -0.39 is 158 Å². The van der Waals surface area contributed by atoms with Crippen LogP contribution in [0.1, 0.15) is 126 Å². The average molecular weight is 986 g/mol. The number of unbranched alkanes of at least 4 members (excludes halogenated alkanes) is 2. The Balaban J connectivity index is 6.42. The number of carboxylic acids is 3. The van der Waals surface area contributed by atoms with Crippen molar-refractivity contribution in [1.82, 2.24) is 42.5 Å². The van der Waals surface area contributed by atoms with Gasteiger partial charge in [0.25, 0.3) is 0 Å². The van der Waals surface area contributed by atoms with E-state index in [9.17, 15) is 68.1 Å². The molecule has 0 saturated heterocycles. The number of carbonyl (C=O) groups excluding carboxylic acids is 8. The van der Waals surface area contributed by atoms with E-state index in [2.05, 4.69) is 42.5 Å². The number of aliphatic carboxylic acids is 3. The van der Waals surface area contributed by atoms with Crippen LogP contribution in [0.3, 0.4) is 0 Å². The summed E-state index contributed by atoms with van der Waals surface area (Å²) < 4.78 is 0. The minimum atomic E-state index is -1.67. The minimum Gasteiger partial charge on any atom is -0.481 e. The lowest BCUT2D eigenvalue weighted by Crippen LogP contribution is -2.60. The molecule has 0 aliphatic heterocycles. The molecule has 0 radical (unpaired) electrons. The molecule has 17 N–H and O–H groups in total. The maximum Gasteiger partial charge on any atom is 0.326 e. The summed E-state index contributed by atoms with van der Waals surface area (Å²) in [4.78, 5) is 142. The van der Waals surface area contributed by atoms with Crippen molar-refractivity contribution in [3.63, 3.8) is 0 Å². The topological polar surface area (TPSA) is 423 Å². The molecule has 0 aromatic heterocycles. The first-order valence-electron chi connectivity index (χ1n) is 23.5. The lowest BCUT2D eigenvalue weighted by Gasteiger charge is -2.29. The molecule has 0 aliphatic rings. The molecule has 0 fully saturated rings. The van der Waals surface area contributed by atoms with Crippen molar-refractivity contribution >= 4 is 65.2 Å². The first-order valence-corrected chi connectivity index (χ1v) is 23.5. The van der Waals surface area contributed by atoms with Gasteiger partial charge in [-0.3, -0.25) is 47.9 Å². The molecule has 69 heavy (non-hydrogen) atoms. The van der Waals surface area contributed by atoms with Gasteiger partial charge < -0.3 is 75.1 Å². The Labute approximate surface area is 403 Å². The predicted octanol–water partition coefficient (Wildman–Crippen LogP) is -2.34. The Morgan fingerprint density at radius 2 is 0.942 bits per heavy atom. The molecule has 0 rings (SSSR count). The second-order valence-electron chi connectivity index (χ2n) is 17.9. The standard InChI is InChI=1S/C44H79N11O14/c1-8-25(6)36(55-42(66)31(21-23(2)3)53-38(62)27(47)13-9-11-19-45)43(67)52-30(16-18-34(59)60)41(65)51-29(15-17-33(57)58)40(64)50-28(14-10-12-20-46)39(63)48-22-32(56)49-26(7)37(61)54-35(24(4)5)44(68)69/h23-31,35-36H,8-22,45-47H2,1-7H3,(H,48,63)(H,49,56)(H,50,64)(H,51,65)(H,52,67)(H,53,62)(H,54,61)(H,55,66)(H,57,58)(H,59,60)(H,68,69)/t25-,26-,27-,28-,29-,30-,31-,35-,36-/m0/s1. The molecule has 0 heterocycles. The highest BCUT2D eigenvalue weighted by molar-refractivity contribution is 5.98. The van der Waals surface area contributed by atoms with Gasteiger partial charge in [0.05, 0.1) is 12.6 Å². The summed E-state index contributed by atoms with van der Waals surface area (Å²) in [6.45, 7) is 11.4. The fraction of sp³-hybridized carbons (Fsp3) is 0.750. The smallest absolute Gasteiger partial charge is 0.326 e. The zero-order valence-corrected chi connectivity index (χ0v) is 41.0. The van der Waals surface area contributed by atoms with Crippen molar-refractivity contribution in [2.45, 2.75) is 174 Å². The van der Waals surface area contributed by atoms with E-state index in [4.69, 9.17) is 17.2 Å². The highest BCUT2D eigenvalue weighted by Crippen LogP contribution is 2.13. The predicted molar refractivity (Wildman–Crippen MR) is 251 cm³/mol. The average Bonchev–Trinajstić information content (AvgIpc) is 3.27. The molecule has 0 aromatic carbocycles. The summed E-state index contributed by atoms with van der Waals surface area (Å²) in [5.74, 6) is -12.0. The van der Waals surface area contributed by atoms with Gasteiger partial charge in [-0.25, -0.2) is 4.79 Å². The number of rotatable bonds is 36. The summed E-state index contributed by atoms with van der Waals surface area (Å²) in [5.41, 5.74) is 17.2. The van der Waals surface area contributed by atoms with E-state index in [0.29, 0.717) is 38.6 Å². The highest BCUT2D eigenvalue weighted by Gasteiger charge is 2.35. The second-order valence-corrected chi connectivity index (χ2v) is 17.9. The van der Waals surface area contributed by atoms with Crippen molar-refractivity contribution in [2.75, 3.05) is 19.6 Å². The first-order chi connectivity index (χ1) is 32.3. The number of carboxylic acid groups (broad SMARTS) is 3. The zero-order chi connectivity index (χ0) is 53.0. The van der Waals surface area contributed by atoms with E-state index in [-0.39, 0.29) is 31.7 Å². The van der Waals surface area contributed by atoms with Gasteiger partial charge in [-0.1, -0.05) is 54.4 Å². The van der Waals surface area contributed by atoms with Crippen LogP contribution < -0.4 is 59.7 Å². The van der Waals surface area contributed by atoms with Gasteiger partial charge in [-0.2, -0.15) is 0 Å². The molecule has 0 unspecified atom stereocenters. The van der Waals surface area contributed by atoms with Crippen LogP contribution >= 0.6 is 0 Å². The van der Waals surface area contributed by atoms with Crippen LogP contribution in [0.25, 0.3) is 0 Å². The Bertz CT molecular complexity index is 1730. The number of amides is 8. The number of hydrogen-bond donors (Lipinski definition) is 14. The maximum atomic E-state index is 14.0. The largest absolute Gasteiger partial charge is 0.481 e. The van der Waals surface area contributed by atoms with E-state index >= 15 is 0 Å². The van der Waals surface area contributed by atoms with Gasteiger partial charge in [0, 0.05) is 12.8 Å². The van der Waals surface area contributed by atoms with Crippen LogP contribution in [0.4, 0.5) is 0 Å². The molecule has 25 heteroatoms. The van der Waals surface area contributed by atoms with Gasteiger partial charge in [-0.05, 0) is 89.1 Å². The third-order valence-corrected chi connectivity index (χ3v) is 11.0. The van der Waals surface area contributed by atoms with Crippen molar-refractivity contribution in [3.8, 4) is 0 Å². The molecular formula is C44H79N11O14. The lowest BCUT2D eigenvalue weighted by molar-refractivity contribution is -0.143. The molecule has 25 nitrogen and oxygen atoms in total. The van der Waals surface area contributed by atoms with Crippen LogP contribution in [0.2, 0.25) is 0 Å². The molecule has 0 aromatic rings. The molecular weight excluding hydrogens is 907 g/mol. The Hall–Kier alpha value is -5.95. The minimum absolute atomic E-state index is 0.0378. The van der Waals surface area contributed by atoms with Crippen LogP contribution in [-0.4, -0.2) is 148 Å². The van der Waals surface area contributed by atoms with Crippen molar-refractivity contribution < 1.29 is 68.1 Å². The third-order valence-electron chi connectivity index (χ3n) is 11.0. The first kappa shape index (κ1) is 63.0. The van der Waals surface area contributed by atoms with Crippen molar-refractivity contribution in [2.24, 2.45) is 35.0 Å². The number of nitrogens with one attached hydrogen (secondary N) is 8. The molecule has 0 saturated carbocycles.